The van der Waals surface area contributed by atoms with E-state index in [1.807, 2.05) is 46.0 Å². The van der Waals surface area contributed by atoms with E-state index in [0.717, 1.165) is 22.7 Å². The van der Waals surface area contributed by atoms with Crippen LogP contribution in [0.2, 0.25) is 0 Å². The standard InChI is InChI=1S/C23H23N3O2S/c1-23(2)10-18-21(19(27)11-23)20(14-8-9-29-13-14)17(12-24)22(25)26(18)15-4-6-16(28-3)7-5-15/h4-9,13,20H,10-11,25H2,1-3H3/t20-/m1/s1. The summed E-state index contributed by atoms with van der Waals surface area (Å²) < 4.78 is 5.27. The number of carbonyl (C=O) groups is 1. The number of Topliss-reactive ketones (excluding diaryl/α,β-unsaturated/α-hetero) is 1. The second kappa shape index (κ2) is 7.09. The average Bonchev–Trinajstić information content (AvgIpc) is 3.21. The summed E-state index contributed by atoms with van der Waals surface area (Å²) in [6, 6.07) is 11.8. The third kappa shape index (κ3) is 3.22. The SMILES string of the molecule is COc1ccc(N2C(N)=C(C#N)[C@@H](c3ccsc3)C3=C2CC(C)(C)CC3=O)cc1. The van der Waals surface area contributed by atoms with Crippen LogP contribution in [0.15, 0.2) is 63.8 Å². The lowest BCUT2D eigenvalue weighted by atomic mass is 9.69. The molecule has 0 bridgehead atoms. The molecule has 2 aliphatic rings. The molecule has 1 aromatic carbocycles. The molecule has 0 amide bonds. The Kier molecular flexibility index (Phi) is 4.71. The van der Waals surface area contributed by atoms with Crippen LogP contribution in [-0.2, 0) is 4.79 Å². The molecule has 2 N–H and O–H groups in total. The number of hydrogen-bond acceptors (Lipinski definition) is 6. The predicted octanol–water partition coefficient (Wildman–Crippen LogP) is 4.70. The molecule has 0 saturated carbocycles. The monoisotopic (exact) mass is 405 g/mol. The molecule has 0 unspecified atom stereocenters. The second-order valence-corrected chi connectivity index (χ2v) is 9.02. The van der Waals surface area contributed by atoms with Crippen molar-refractivity contribution in [3.8, 4) is 11.8 Å². The normalized spacial score (nSPS) is 21.1. The minimum Gasteiger partial charge on any atom is -0.497 e. The molecular weight excluding hydrogens is 382 g/mol. The van der Waals surface area contributed by atoms with Crippen molar-refractivity contribution in [2.24, 2.45) is 11.1 Å². The number of nitrogens with zero attached hydrogens (tertiary/aromatic N) is 2. The smallest absolute Gasteiger partial charge is 0.162 e. The Morgan fingerprint density at radius 1 is 1.24 bits per heavy atom. The third-order valence-electron chi connectivity index (χ3n) is 5.59. The summed E-state index contributed by atoms with van der Waals surface area (Å²) in [4.78, 5) is 15.2. The Morgan fingerprint density at radius 3 is 2.55 bits per heavy atom. The van der Waals surface area contributed by atoms with Gasteiger partial charge in [-0.1, -0.05) is 13.8 Å². The van der Waals surface area contributed by atoms with E-state index in [9.17, 15) is 10.1 Å². The van der Waals surface area contributed by atoms with Gasteiger partial charge in [0, 0.05) is 23.4 Å². The van der Waals surface area contributed by atoms with Crippen molar-refractivity contribution >= 4 is 22.8 Å². The lowest BCUT2D eigenvalue weighted by molar-refractivity contribution is -0.118. The van der Waals surface area contributed by atoms with Crippen LogP contribution in [0.1, 0.15) is 38.2 Å². The van der Waals surface area contributed by atoms with Gasteiger partial charge in [0.25, 0.3) is 0 Å². The number of ketones is 1. The number of nitrogens with two attached hydrogens (primary N) is 1. The minimum atomic E-state index is -0.403. The number of hydrogen-bond donors (Lipinski definition) is 1. The first-order chi connectivity index (χ1) is 13.9. The maximum atomic E-state index is 13.3. The summed E-state index contributed by atoms with van der Waals surface area (Å²) in [5.74, 6) is 0.808. The molecule has 0 radical (unpaired) electrons. The number of thiophene rings is 1. The Morgan fingerprint density at radius 2 is 1.97 bits per heavy atom. The number of nitriles is 1. The molecule has 2 aromatic rings. The molecule has 1 aliphatic heterocycles. The van der Waals surface area contributed by atoms with Gasteiger partial charge in [0.05, 0.1) is 24.7 Å². The molecule has 0 saturated heterocycles. The van der Waals surface area contributed by atoms with Crippen LogP contribution in [0.4, 0.5) is 5.69 Å². The van der Waals surface area contributed by atoms with Crippen LogP contribution in [0.3, 0.4) is 0 Å². The summed E-state index contributed by atoms with van der Waals surface area (Å²) in [7, 11) is 1.62. The van der Waals surface area contributed by atoms with E-state index in [2.05, 4.69) is 19.9 Å². The van der Waals surface area contributed by atoms with Gasteiger partial charge in [-0.3, -0.25) is 9.69 Å². The molecule has 0 spiro atoms. The van der Waals surface area contributed by atoms with Crippen molar-refractivity contribution in [2.45, 2.75) is 32.6 Å². The topological polar surface area (TPSA) is 79.3 Å². The van der Waals surface area contributed by atoms with Crippen molar-refractivity contribution in [1.29, 1.82) is 5.26 Å². The molecule has 5 nitrogen and oxygen atoms in total. The van der Waals surface area contributed by atoms with Crippen molar-refractivity contribution in [3.05, 3.63) is 69.3 Å². The van der Waals surface area contributed by atoms with Gasteiger partial charge in [-0.05, 0) is 58.5 Å². The highest BCUT2D eigenvalue weighted by Gasteiger charge is 2.44. The number of rotatable bonds is 3. The molecule has 29 heavy (non-hydrogen) atoms. The van der Waals surface area contributed by atoms with Gasteiger partial charge < -0.3 is 10.5 Å². The number of ether oxygens (including phenoxy) is 1. The highest BCUT2D eigenvalue weighted by Crippen LogP contribution is 2.50. The Bertz CT molecular complexity index is 1060. The molecule has 1 aliphatic carbocycles. The first-order valence-electron chi connectivity index (χ1n) is 9.48. The van der Waals surface area contributed by atoms with Gasteiger partial charge in [-0.25, -0.2) is 0 Å². The summed E-state index contributed by atoms with van der Waals surface area (Å²) in [6.07, 6.45) is 1.17. The molecule has 2 heterocycles. The first-order valence-corrected chi connectivity index (χ1v) is 10.4. The summed E-state index contributed by atoms with van der Waals surface area (Å²) >= 11 is 1.55. The van der Waals surface area contributed by atoms with Crippen molar-refractivity contribution in [1.82, 2.24) is 0 Å². The van der Waals surface area contributed by atoms with Crippen LogP contribution in [-0.4, -0.2) is 12.9 Å². The summed E-state index contributed by atoms with van der Waals surface area (Å²) in [5, 5.41) is 14.0. The molecule has 1 aromatic heterocycles. The van der Waals surface area contributed by atoms with E-state index in [1.165, 1.54) is 0 Å². The maximum absolute atomic E-state index is 13.3. The van der Waals surface area contributed by atoms with Gasteiger partial charge in [0.2, 0.25) is 0 Å². The van der Waals surface area contributed by atoms with Crippen LogP contribution in [0, 0.1) is 16.7 Å². The molecule has 0 fully saturated rings. The lowest BCUT2D eigenvalue weighted by Crippen LogP contribution is -2.42. The Balaban J connectivity index is 1.96. The fourth-order valence-electron chi connectivity index (χ4n) is 4.31. The molecule has 1 atom stereocenters. The van der Waals surface area contributed by atoms with Crippen molar-refractivity contribution in [2.75, 3.05) is 12.0 Å². The van der Waals surface area contributed by atoms with Gasteiger partial charge in [0.15, 0.2) is 5.78 Å². The summed E-state index contributed by atoms with van der Waals surface area (Å²) in [6.45, 7) is 4.19. The van der Waals surface area contributed by atoms with E-state index >= 15 is 0 Å². The second-order valence-electron chi connectivity index (χ2n) is 8.24. The first kappa shape index (κ1) is 19.3. The molecular formula is C23H23N3O2S. The van der Waals surface area contributed by atoms with Crippen LogP contribution >= 0.6 is 11.3 Å². The van der Waals surface area contributed by atoms with E-state index in [4.69, 9.17) is 10.5 Å². The number of methoxy groups -OCH3 is 1. The number of allylic oxidation sites excluding steroid dienone is 3. The Hall–Kier alpha value is -3.04. The van der Waals surface area contributed by atoms with Crippen LogP contribution < -0.4 is 15.4 Å². The van der Waals surface area contributed by atoms with E-state index in [1.54, 1.807) is 18.4 Å². The zero-order chi connectivity index (χ0) is 20.8. The van der Waals surface area contributed by atoms with Gasteiger partial charge in [0.1, 0.15) is 11.6 Å². The van der Waals surface area contributed by atoms with Crippen molar-refractivity contribution in [3.63, 3.8) is 0 Å². The van der Waals surface area contributed by atoms with Crippen LogP contribution in [0.25, 0.3) is 0 Å². The number of carbonyl (C=O) groups excluding carboxylic acids is 1. The zero-order valence-corrected chi connectivity index (χ0v) is 17.5. The van der Waals surface area contributed by atoms with Crippen LogP contribution in [0.5, 0.6) is 5.75 Å². The molecule has 6 heteroatoms. The van der Waals surface area contributed by atoms with Gasteiger partial charge in [-0.2, -0.15) is 16.6 Å². The molecule has 148 valence electrons. The average molecular weight is 406 g/mol. The predicted molar refractivity (Wildman–Crippen MR) is 114 cm³/mol. The fourth-order valence-corrected chi connectivity index (χ4v) is 4.99. The highest BCUT2D eigenvalue weighted by atomic mass is 32.1. The van der Waals surface area contributed by atoms with E-state index in [0.29, 0.717) is 29.8 Å². The van der Waals surface area contributed by atoms with Crippen molar-refractivity contribution < 1.29 is 9.53 Å². The maximum Gasteiger partial charge on any atom is 0.162 e. The third-order valence-corrected chi connectivity index (χ3v) is 6.29. The minimum absolute atomic E-state index is 0.0891. The van der Waals surface area contributed by atoms with E-state index < -0.39 is 5.92 Å². The quantitative estimate of drug-likeness (QED) is 0.801. The highest BCUT2D eigenvalue weighted by molar-refractivity contribution is 7.08. The van der Waals surface area contributed by atoms with Gasteiger partial charge >= 0.3 is 0 Å². The van der Waals surface area contributed by atoms with E-state index in [-0.39, 0.29) is 11.2 Å². The summed E-state index contributed by atoms with van der Waals surface area (Å²) in [5.41, 5.74) is 10.2. The lowest BCUT2D eigenvalue weighted by Gasteiger charge is -2.43. The van der Waals surface area contributed by atoms with Gasteiger partial charge in [-0.15, -0.1) is 0 Å². The Labute approximate surface area is 174 Å². The zero-order valence-electron chi connectivity index (χ0n) is 16.7. The number of benzene rings is 1. The largest absolute Gasteiger partial charge is 0.497 e. The fraction of sp³-hybridized carbons (Fsp3) is 0.304. The number of anilines is 1. The molecule has 4 rings (SSSR count).